The Kier molecular flexibility index (Phi) is 3.43. The molecule has 0 saturated carbocycles. The molecule has 0 atom stereocenters. The van der Waals surface area contributed by atoms with E-state index in [2.05, 4.69) is 67.2 Å². The molecule has 1 heterocycles. The smallest absolute Gasteiger partial charge is 0.128 e. The van der Waals surface area contributed by atoms with E-state index in [1.807, 2.05) is 6.20 Å². The molecule has 2 nitrogen and oxygen atoms in total. The highest BCUT2D eigenvalue weighted by atomic mass is 15.2. The normalized spacial score (nSPS) is 10.3. The fraction of sp³-hybridized carbons (Fsp3) is 0.267. The van der Waals surface area contributed by atoms with Crippen molar-refractivity contribution in [1.29, 1.82) is 0 Å². The predicted octanol–water partition coefficient (Wildman–Crippen LogP) is 3.33. The van der Waals surface area contributed by atoms with Gasteiger partial charge in [0.25, 0.3) is 0 Å². The van der Waals surface area contributed by atoms with Crippen LogP contribution in [-0.2, 0) is 6.54 Å². The van der Waals surface area contributed by atoms with Gasteiger partial charge in [-0.3, -0.25) is 0 Å². The van der Waals surface area contributed by atoms with E-state index < -0.39 is 0 Å². The molecule has 0 aliphatic rings. The molecule has 0 amide bonds. The summed E-state index contributed by atoms with van der Waals surface area (Å²) in [7, 11) is 2.07. The van der Waals surface area contributed by atoms with Crippen molar-refractivity contribution < 1.29 is 0 Å². The molecule has 0 spiro atoms. The molecule has 2 heteroatoms. The van der Waals surface area contributed by atoms with Gasteiger partial charge in [0.1, 0.15) is 5.82 Å². The summed E-state index contributed by atoms with van der Waals surface area (Å²) >= 11 is 0. The molecule has 1 aromatic heterocycles. The van der Waals surface area contributed by atoms with Gasteiger partial charge >= 0.3 is 0 Å². The first kappa shape index (κ1) is 11.6. The minimum atomic E-state index is 0.885. The highest BCUT2D eigenvalue weighted by molar-refractivity contribution is 5.39. The minimum Gasteiger partial charge on any atom is -0.355 e. The Morgan fingerprint density at radius 2 is 1.59 bits per heavy atom. The number of pyridine rings is 1. The van der Waals surface area contributed by atoms with Gasteiger partial charge < -0.3 is 4.90 Å². The number of aromatic nitrogens is 1. The third kappa shape index (κ3) is 3.06. The zero-order valence-electron chi connectivity index (χ0n) is 10.6. The van der Waals surface area contributed by atoms with Crippen molar-refractivity contribution in [2.75, 3.05) is 11.9 Å². The first-order valence-corrected chi connectivity index (χ1v) is 5.84. The molecule has 0 saturated heterocycles. The van der Waals surface area contributed by atoms with Gasteiger partial charge in [-0.05, 0) is 31.0 Å². The molecule has 0 radical (unpaired) electrons. The summed E-state index contributed by atoms with van der Waals surface area (Å²) in [6.07, 6.45) is 1.90. The van der Waals surface area contributed by atoms with Crippen LogP contribution in [0.25, 0.3) is 0 Å². The van der Waals surface area contributed by atoms with E-state index in [0.29, 0.717) is 0 Å². The number of nitrogens with zero attached hydrogens (tertiary/aromatic N) is 2. The molecule has 2 aromatic rings. The second kappa shape index (κ2) is 5.00. The largest absolute Gasteiger partial charge is 0.355 e. The average Bonchev–Trinajstić information content (AvgIpc) is 2.33. The summed E-state index contributed by atoms with van der Waals surface area (Å²) in [6.45, 7) is 5.04. The Bertz CT molecular complexity index is 471. The van der Waals surface area contributed by atoms with Gasteiger partial charge in [-0.25, -0.2) is 4.98 Å². The van der Waals surface area contributed by atoms with E-state index in [4.69, 9.17) is 0 Å². The van der Waals surface area contributed by atoms with Gasteiger partial charge in [-0.1, -0.05) is 35.9 Å². The Balaban J connectivity index is 2.08. The standard InChI is InChI=1S/C15H18N2/c1-12-4-7-14(8-5-12)11-17(3)15-9-6-13(2)10-16-15/h4-10H,11H2,1-3H3. The number of aryl methyl sites for hydroxylation is 2. The fourth-order valence-corrected chi connectivity index (χ4v) is 1.73. The second-order valence-electron chi connectivity index (χ2n) is 4.54. The van der Waals surface area contributed by atoms with Gasteiger partial charge in [-0.15, -0.1) is 0 Å². The van der Waals surface area contributed by atoms with E-state index in [0.717, 1.165) is 12.4 Å². The first-order valence-electron chi connectivity index (χ1n) is 5.84. The van der Waals surface area contributed by atoms with Gasteiger partial charge in [0.2, 0.25) is 0 Å². The highest BCUT2D eigenvalue weighted by Gasteiger charge is 2.02. The molecule has 0 N–H and O–H groups in total. The van der Waals surface area contributed by atoms with Gasteiger partial charge in [-0.2, -0.15) is 0 Å². The van der Waals surface area contributed by atoms with Gasteiger partial charge in [0.15, 0.2) is 0 Å². The molecule has 2 rings (SSSR count). The minimum absolute atomic E-state index is 0.885. The van der Waals surface area contributed by atoms with Gasteiger partial charge in [0.05, 0.1) is 0 Å². The quantitative estimate of drug-likeness (QED) is 0.798. The highest BCUT2D eigenvalue weighted by Crippen LogP contribution is 2.13. The van der Waals surface area contributed by atoms with Crippen LogP contribution >= 0.6 is 0 Å². The lowest BCUT2D eigenvalue weighted by atomic mass is 10.1. The van der Waals surface area contributed by atoms with Crippen molar-refractivity contribution in [3.8, 4) is 0 Å². The van der Waals surface area contributed by atoms with Crippen LogP contribution in [0.4, 0.5) is 5.82 Å². The lowest BCUT2D eigenvalue weighted by Crippen LogP contribution is -2.17. The van der Waals surface area contributed by atoms with Crippen LogP contribution in [0.5, 0.6) is 0 Å². The second-order valence-corrected chi connectivity index (χ2v) is 4.54. The van der Waals surface area contributed by atoms with Crippen LogP contribution in [0.15, 0.2) is 42.6 Å². The lowest BCUT2D eigenvalue weighted by molar-refractivity contribution is 0.896. The number of benzene rings is 1. The van der Waals surface area contributed by atoms with Crippen LogP contribution in [0.2, 0.25) is 0 Å². The molecule has 0 unspecified atom stereocenters. The zero-order chi connectivity index (χ0) is 12.3. The molecule has 0 aliphatic carbocycles. The number of anilines is 1. The summed E-state index contributed by atoms with van der Waals surface area (Å²) in [5.41, 5.74) is 3.79. The van der Waals surface area contributed by atoms with Crippen molar-refractivity contribution in [2.24, 2.45) is 0 Å². The molecular formula is C15H18N2. The third-order valence-electron chi connectivity index (χ3n) is 2.83. The fourth-order valence-electron chi connectivity index (χ4n) is 1.73. The Labute approximate surface area is 103 Å². The van der Waals surface area contributed by atoms with E-state index >= 15 is 0 Å². The van der Waals surface area contributed by atoms with E-state index in [9.17, 15) is 0 Å². The first-order chi connectivity index (χ1) is 8.15. The maximum absolute atomic E-state index is 4.42. The number of hydrogen-bond acceptors (Lipinski definition) is 2. The van der Waals surface area contributed by atoms with Crippen LogP contribution in [0.1, 0.15) is 16.7 Å². The zero-order valence-corrected chi connectivity index (χ0v) is 10.6. The topological polar surface area (TPSA) is 16.1 Å². The monoisotopic (exact) mass is 226 g/mol. The molecule has 0 fully saturated rings. The summed E-state index contributed by atoms with van der Waals surface area (Å²) in [5.74, 6) is 1.01. The Morgan fingerprint density at radius 1 is 0.941 bits per heavy atom. The van der Waals surface area contributed by atoms with Crippen molar-refractivity contribution in [2.45, 2.75) is 20.4 Å². The SMILES string of the molecule is Cc1ccc(CN(C)c2ccc(C)cn2)cc1. The molecule has 0 bridgehead atoms. The summed E-state index contributed by atoms with van der Waals surface area (Å²) < 4.78 is 0. The van der Waals surface area contributed by atoms with Crippen LogP contribution in [0.3, 0.4) is 0 Å². The maximum atomic E-state index is 4.42. The predicted molar refractivity (Wildman–Crippen MR) is 72.3 cm³/mol. The van der Waals surface area contributed by atoms with E-state index in [-0.39, 0.29) is 0 Å². The van der Waals surface area contributed by atoms with Crippen LogP contribution in [-0.4, -0.2) is 12.0 Å². The van der Waals surface area contributed by atoms with Crippen LogP contribution in [0, 0.1) is 13.8 Å². The van der Waals surface area contributed by atoms with Crippen molar-refractivity contribution in [1.82, 2.24) is 4.98 Å². The van der Waals surface area contributed by atoms with E-state index in [1.165, 1.54) is 16.7 Å². The third-order valence-corrected chi connectivity index (χ3v) is 2.83. The van der Waals surface area contributed by atoms with Gasteiger partial charge in [0, 0.05) is 19.8 Å². The number of hydrogen-bond donors (Lipinski definition) is 0. The molecule has 0 aliphatic heterocycles. The Hall–Kier alpha value is -1.83. The van der Waals surface area contributed by atoms with E-state index in [1.54, 1.807) is 0 Å². The lowest BCUT2D eigenvalue weighted by Gasteiger charge is -2.18. The molecule has 17 heavy (non-hydrogen) atoms. The number of rotatable bonds is 3. The van der Waals surface area contributed by atoms with Crippen molar-refractivity contribution in [3.63, 3.8) is 0 Å². The summed E-state index contributed by atoms with van der Waals surface area (Å²) in [4.78, 5) is 6.57. The average molecular weight is 226 g/mol. The molecule has 1 aromatic carbocycles. The summed E-state index contributed by atoms with van der Waals surface area (Å²) in [6, 6.07) is 12.8. The Morgan fingerprint density at radius 3 is 2.18 bits per heavy atom. The van der Waals surface area contributed by atoms with Crippen molar-refractivity contribution >= 4 is 5.82 Å². The maximum Gasteiger partial charge on any atom is 0.128 e. The molecular weight excluding hydrogens is 208 g/mol. The van der Waals surface area contributed by atoms with Crippen molar-refractivity contribution in [3.05, 3.63) is 59.3 Å². The molecule has 88 valence electrons. The van der Waals surface area contributed by atoms with Crippen LogP contribution < -0.4 is 4.90 Å². The summed E-state index contributed by atoms with van der Waals surface area (Å²) in [5, 5.41) is 0.